The van der Waals surface area contributed by atoms with E-state index in [1.165, 1.54) is 19.6 Å². The van der Waals surface area contributed by atoms with Gasteiger partial charge in [-0.2, -0.15) is 0 Å². The van der Waals surface area contributed by atoms with E-state index in [0.717, 1.165) is 25.7 Å². The van der Waals surface area contributed by atoms with Crippen LogP contribution in [0.2, 0.25) is 0 Å². The van der Waals surface area contributed by atoms with Gasteiger partial charge in [-0.1, -0.05) is 19.3 Å². The van der Waals surface area contributed by atoms with Gasteiger partial charge in [0.2, 0.25) is 10.0 Å². The largest absolute Gasteiger partial charge is 0.495 e. The van der Waals surface area contributed by atoms with Crippen LogP contribution < -0.4 is 9.46 Å². The first kappa shape index (κ1) is 20.7. The minimum atomic E-state index is -3.81. The molecule has 0 aliphatic heterocycles. The molecule has 0 atom stereocenters. The van der Waals surface area contributed by atoms with Gasteiger partial charge >= 0.3 is 0 Å². The number of hydrogen-bond acceptors (Lipinski definition) is 4. The molecule has 1 saturated carbocycles. The van der Waals surface area contributed by atoms with Gasteiger partial charge in [0.25, 0.3) is 5.91 Å². The van der Waals surface area contributed by atoms with E-state index < -0.39 is 15.6 Å². The number of sulfonamides is 1. The van der Waals surface area contributed by atoms with E-state index in [1.807, 2.05) is 0 Å². The van der Waals surface area contributed by atoms with Crippen LogP contribution in [-0.2, 0) is 10.0 Å². The molecule has 0 aromatic heterocycles. The number of hydrogen-bond donors (Lipinski definition) is 1. The van der Waals surface area contributed by atoms with Crippen molar-refractivity contribution in [2.24, 2.45) is 0 Å². The highest BCUT2D eigenvalue weighted by atomic mass is 32.2. The van der Waals surface area contributed by atoms with Crippen LogP contribution >= 0.6 is 0 Å². The van der Waals surface area contributed by atoms with Crippen molar-refractivity contribution in [2.45, 2.75) is 69.4 Å². The van der Waals surface area contributed by atoms with Crippen molar-refractivity contribution in [1.82, 2.24) is 9.62 Å². The number of nitrogens with one attached hydrogen (secondary N) is 1. The van der Waals surface area contributed by atoms with Crippen molar-refractivity contribution in [3.8, 4) is 5.75 Å². The Bertz CT molecular complexity index is 747. The third-order valence-corrected chi connectivity index (χ3v) is 6.36. The molecule has 1 aromatic rings. The summed E-state index contributed by atoms with van der Waals surface area (Å²) in [4.78, 5) is 14.6. The fourth-order valence-electron chi connectivity index (χ4n) is 3.32. The fourth-order valence-corrected chi connectivity index (χ4v) is 4.93. The highest BCUT2D eigenvalue weighted by Crippen LogP contribution is 2.28. The smallest absolute Gasteiger partial charge is 0.253 e. The van der Waals surface area contributed by atoms with Gasteiger partial charge in [0.1, 0.15) is 10.6 Å². The first-order chi connectivity index (χ1) is 12.0. The molecule has 0 saturated heterocycles. The Kier molecular flexibility index (Phi) is 6.34. The monoisotopic (exact) mass is 382 g/mol. The van der Waals surface area contributed by atoms with Crippen LogP contribution in [0.15, 0.2) is 23.1 Å². The molecule has 6 nitrogen and oxygen atoms in total. The Hall–Kier alpha value is -1.60. The predicted octanol–water partition coefficient (Wildman–Crippen LogP) is 3.18. The first-order valence-electron chi connectivity index (χ1n) is 9.04. The minimum Gasteiger partial charge on any atom is -0.495 e. The van der Waals surface area contributed by atoms with Crippen molar-refractivity contribution in [3.63, 3.8) is 0 Å². The lowest BCUT2D eigenvalue weighted by Gasteiger charge is -2.31. The van der Waals surface area contributed by atoms with E-state index in [9.17, 15) is 13.2 Å². The summed E-state index contributed by atoms with van der Waals surface area (Å²) in [6.45, 7) is 5.30. The van der Waals surface area contributed by atoms with E-state index in [4.69, 9.17) is 4.74 Å². The summed E-state index contributed by atoms with van der Waals surface area (Å²) in [6, 6.07) is 4.79. The number of benzene rings is 1. The SMILES string of the molecule is COc1ccc(C(=O)N(C)C2CCCCC2)cc1S(=O)(=O)NC(C)(C)C. The summed E-state index contributed by atoms with van der Waals surface area (Å²) in [6.07, 6.45) is 5.45. The zero-order valence-electron chi connectivity index (χ0n) is 16.3. The maximum absolute atomic E-state index is 12.9. The third kappa shape index (κ3) is 4.98. The van der Waals surface area contributed by atoms with Gasteiger partial charge in [0, 0.05) is 24.2 Å². The van der Waals surface area contributed by atoms with Crippen LogP contribution in [0.3, 0.4) is 0 Å². The van der Waals surface area contributed by atoms with Crippen molar-refractivity contribution in [3.05, 3.63) is 23.8 Å². The van der Waals surface area contributed by atoms with Crippen LogP contribution in [0.1, 0.15) is 63.2 Å². The molecule has 0 spiro atoms. The number of methoxy groups -OCH3 is 1. The van der Waals surface area contributed by atoms with E-state index in [0.29, 0.717) is 5.56 Å². The number of carbonyl (C=O) groups excluding carboxylic acids is 1. The van der Waals surface area contributed by atoms with Gasteiger partial charge < -0.3 is 9.64 Å². The van der Waals surface area contributed by atoms with Crippen LogP contribution in [0.4, 0.5) is 0 Å². The van der Waals surface area contributed by atoms with Crippen LogP contribution in [0, 0.1) is 0 Å². The van der Waals surface area contributed by atoms with Crippen molar-refractivity contribution in [1.29, 1.82) is 0 Å². The van der Waals surface area contributed by atoms with Gasteiger partial charge in [0.05, 0.1) is 7.11 Å². The zero-order chi connectivity index (χ0) is 19.5. The maximum atomic E-state index is 12.9. The fraction of sp³-hybridized carbons (Fsp3) is 0.632. The van der Waals surface area contributed by atoms with Crippen LogP contribution in [0.25, 0.3) is 0 Å². The highest BCUT2D eigenvalue weighted by molar-refractivity contribution is 7.89. The standard InChI is InChI=1S/C19H30N2O4S/c1-19(2,3)20-26(23,24)17-13-14(11-12-16(17)25-5)18(22)21(4)15-9-7-6-8-10-15/h11-13,15,20H,6-10H2,1-5H3. The lowest BCUT2D eigenvalue weighted by atomic mass is 9.94. The van der Waals surface area contributed by atoms with E-state index in [-0.39, 0.29) is 22.6 Å². The van der Waals surface area contributed by atoms with Crippen molar-refractivity contribution >= 4 is 15.9 Å². The Labute approximate surface area is 157 Å². The minimum absolute atomic E-state index is 0.0159. The quantitative estimate of drug-likeness (QED) is 0.849. The van der Waals surface area contributed by atoms with Gasteiger partial charge in [-0.3, -0.25) is 4.79 Å². The molecular weight excluding hydrogens is 352 g/mol. The Morgan fingerprint density at radius 1 is 1.19 bits per heavy atom. The number of amides is 1. The number of ether oxygens (including phenoxy) is 1. The first-order valence-corrected chi connectivity index (χ1v) is 10.5. The molecule has 2 rings (SSSR count). The molecule has 0 heterocycles. The van der Waals surface area contributed by atoms with Gasteiger partial charge in [-0.05, 0) is 51.8 Å². The topological polar surface area (TPSA) is 75.7 Å². The zero-order valence-corrected chi connectivity index (χ0v) is 17.1. The molecule has 1 fully saturated rings. The average molecular weight is 383 g/mol. The van der Waals surface area contributed by atoms with Crippen molar-refractivity contribution < 1.29 is 17.9 Å². The van der Waals surface area contributed by atoms with Gasteiger partial charge in [-0.15, -0.1) is 0 Å². The summed E-state index contributed by atoms with van der Waals surface area (Å²) in [5.74, 6) is 0.0605. The number of rotatable bonds is 5. The lowest BCUT2D eigenvalue weighted by molar-refractivity contribution is 0.0696. The van der Waals surface area contributed by atoms with Crippen LogP contribution in [0.5, 0.6) is 5.75 Å². The Balaban J connectivity index is 2.35. The summed E-state index contributed by atoms with van der Waals surface area (Å²) >= 11 is 0. The maximum Gasteiger partial charge on any atom is 0.253 e. The van der Waals surface area contributed by atoms with E-state index in [1.54, 1.807) is 44.9 Å². The number of nitrogens with zero attached hydrogens (tertiary/aromatic N) is 1. The second-order valence-electron chi connectivity index (χ2n) is 7.93. The Morgan fingerprint density at radius 2 is 1.81 bits per heavy atom. The van der Waals surface area contributed by atoms with Crippen LogP contribution in [-0.4, -0.2) is 45.0 Å². The summed E-state index contributed by atoms with van der Waals surface area (Å²) in [5.41, 5.74) is -0.281. The normalized spacial score (nSPS) is 16.3. The van der Waals surface area contributed by atoms with Crippen molar-refractivity contribution in [2.75, 3.05) is 14.2 Å². The molecular formula is C19H30N2O4S. The highest BCUT2D eigenvalue weighted by Gasteiger charge is 2.28. The predicted molar refractivity (Wildman–Crippen MR) is 102 cm³/mol. The lowest BCUT2D eigenvalue weighted by Crippen LogP contribution is -2.41. The number of carbonyl (C=O) groups is 1. The average Bonchev–Trinajstić information content (AvgIpc) is 2.58. The molecule has 1 aliphatic rings. The summed E-state index contributed by atoms with van der Waals surface area (Å²) in [7, 11) is -0.600. The molecule has 1 aliphatic carbocycles. The molecule has 1 aromatic carbocycles. The third-order valence-electron chi connectivity index (χ3n) is 4.58. The summed E-state index contributed by atoms with van der Waals surface area (Å²) < 4.78 is 33.3. The molecule has 1 amide bonds. The van der Waals surface area contributed by atoms with E-state index in [2.05, 4.69) is 4.72 Å². The summed E-state index contributed by atoms with van der Waals surface area (Å²) in [5, 5.41) is 0. The molecule has 26 heavy (non-hydrogen) atoms. The molecule has 7 heteroatoms. The van der Waals surface area contributed by atoms with Gasteiger partial charge in [-0.25, -0.2) is 13.1 Å². The van der Waals surface area contributed by atoms with E-state index >= 15 is 0 Å². The molecule has 0 unspecified atom stereocenters. The molecule has 146 valence electrons. The molecule has 1 N–H and O–H groups in total. The second-order valence-corrected chi connectivity index (χ2v) is 9.58. The molecule has 0 bridgehead atoms. The second kappa shape index (κ2) is 7.96. The molecule has 0 radical (unpaired) electrons. The Morgan fingerprint density at radius 3 is 2.35 bits per heavy atom. The van der Waals surface area contributed by atoms with Gasteiger partial charge in [0.15, 0.2) is 0 Å².